The summed E-state index contributed by atoms with van der Waals surface area (Å²) in [6.07, 6.45) is 2.68. The van der Waals surface area contributed by atoms with Crippen LogP contribution in [0, 0.1) is 9.39 Å². The lowest BCUT2D eigenvalue weighted by molar-refractivity contribution is 0.542. The van der Waals surface area contributed by atoms with Gasteiger partial charge in [-0.2, -0.15) is 0 Å². The Balaban J connectivity index is 2.64. The fourth-order valence-electron chi connectivity index (χ4n) is 1.46. The molecule has 0 aliphatic carbocycles. The molecule has 0 fully saturated rings. The number of rotatable bonds is 5. The zero-order valence-corrected chi connectivity index (χ0v) is 10.7. The first-order valence-electron chi connectivity index (χ1n) is 5.05. The van der Waals surface area contributed by atoms with E-state index in [0.717, 1.165) is 22.8 Å². The summed E-state index contributed by atoms with van der Waals surface area (Å²) < 4.78 is 14.4. The van der Waals surface area contributed by atoms with Gasteiger partial charge in [0.2, 0.25) is 0 Å². The number of nitrogens with two attached hydrogens (primary N) is 2. The quantitative estimate of drug-likeness (QED) is 0.647. The van der Waals surface area contributed by atoms with E-state index in [0.29, 0.717) is 12.1 Å². The molecule has 0 unspecified atom stereocenters. The van der Waals surface area contributed by atoms with Crippen LogP contribution in [0.3, 0.4) is 0 Å². The van der Waals surface area contributed by atoms with Gasteiger partial charge in [-0.1, -0.05) is 6.42 Å². The summed E-state index contributed by atoms with van der Waals surface area (Å²) in [5, 5.41) is 0. The Hall–Kier alpha value is -0.200. The minimum absolute atomic E-state index is 0.212. The number of benzene rings is 1. The highest BCUT2D eigenvalue weighted by atomic mass is 127. The van der Waals surface area contributed by atoms with Crippen molar-refractivity contribution in [2.75, 3.05) is 6.54 Å². The maximum absolute atomic E-state index is 13.4. The lowest BCUT2D eigenvalue weighted by Crippen LogP contribution is -2.13. The normalized spacial score (nSPS) is 12.8. The summed E-state index contributed by atoms with van der Waals surface area (Å²) in [7, 11) is 0. The molecule has 1 rings (SSSR count). The summed E-state index contributed by atoms with van der Waals surface area (Å²) >= 11 is 2.16. The molecular formula is C11H16FIN2. The molecular weight excluding hydrogens is 306 g/mol. The fraction of sp³-hybridized carbons (Fsp3) is 0.455. The summed E-state index contributed by atoms with van der Waals surface area (Å²) in [5.41, 5.74) is 11.9. The first-order valence-corrected chi connectivity index (χ1v) is 6.13. The van der Waals surface area contributed by atoms with Crippen molar-refractivity contribution in [3.8, 4) is 0 Å². The Labute approximate surface area is 103 Å². The van der Waals surface area contributed by atoms with E-state index < -0.39 is 0 Å². The van der Waals surface area contributed by atoms with Gasteiger partial charge in [0.15, 0.2) is 0 Å². The third-order valence-electron chi connectivity index (χ3n) is 2.33. The van der Waals surface area contributed by atoms with Crippen molar-refractivity contribution >= 4 is 22.6 Å². The molecule has 4 heteroatoms. The maximum Gasteiger partial charge on any atom is 0.128 e. The van der Waals surface area contributed by atoms with Crippen LogP contribution >= 0.6 is 22.6 Å². The van der Waals surface area contributed by atoms with Crippen LogP contribution in [0.4, 0.5) is 4.39 Å². The molecule has 1 aromatic rings. The van der Waals surface area contributed by atoms with Crippen LogP contribution in [0.5, 0.6) is 0 Å². The number of hydrogen-bond acceptors (Lipinski definition) is 2. The molecule has 0 aliphatic rings. The van der Waals surface area contributed by atoms with E-state index in [9.17, 15) is 4.39 Å². The van der Waals surface area contributed by atoms with Gasteiger partial charge >= 0.3 is 0 Å². The Kier molecular flexibility index (Phi) is 5.49. The van der Waals surface area contributed by atoms with Crippen LogP contribution in [-0.4, -0.2) is 6.54 Å². The van der Waals surface area contributed by atoms with Crippen LogP contribution in [0.25, 0.3) is 0 Å². The molecule has 0 spiro atoms. The minimum Gasteiger partial charge on any atom is -0.330 e. The fourth-order valence-corrected chi connectivity index (χ4v) is 1.98. The summed E-state index contributed by atoms with van der Waals surface area (Å²) in [4.78, 5) is 0. The minimum atomic E-state index is -0.216. The molecule has 0 amide bonds. The van der Waals surface area contributed by atoms with Crippen molar-refractivity contribution < 1.29 is 4.39 Å². The highest BCUT2D eigenvalue weighted by molar-refractivity contribution is 14.1. The third-order valence-corrected chi connectivity index (χ3v) is 3.00. The van der Waals surface area contributed by atoms with E-state index in [-0.39, 0.29) is 11.9 Å². The predicted molar refractivity (Wildman–Crippen MR) is 69.0 cm³/mol. The Morgan fingerprint density at radius 1 is 1.33 bits per heavy atom. The molecule has 1 aromatic carbocycles. The molecule has 0 saturated carbocycles. The van der Waals surface area contributed by atoms with Crippen molar-refractivity contribution in [2.24, 2.45) is 11.5 Å². The topological polar surface area (TPSA) is 52.0 Å². The van der Waals surface area contributed by atoms with Gasteiger partial charge in [-0.15, -0.1) is 0 Å². The Morgan fingerprint density at radius 2 is 2.07 bits per heavy atom. The largest absolute Gasteiger partial charge is 0.330 e. The Morgan fingerprint density at radius 3 is 2.73 bits per heavy atom. The first-order chi connectivity index (χ1) is 7.15. The lowest BCUT2D eigenvalue weighted by atomic mass is 10.0. The number of halogens is 2. The van der Waals surface area contributed by atoms with Crippen molar-refractivity contribution in [2.45, 2.75) is 25.3 Å². The summed E-state index contributed by atoms with van der Waals surface area (Å²) in [6.45, 7) is 0.668. The second-order valence-electron chi connectivity index (χ2n) is 3.56. The van der Waals surface area contributed by atoms with E-state index >= 15 is 0 Å². The average Bonchev–Trinajstić information content (AvgIpc) is 2.22. The van der Waals surface area contributed by atoms with Gasteiger partial charge < -0.3 is 11.5 Å². The van der Waals surface area contributed by atoms with Gasteiger partial charge in [-0.05, 0) is 60.2 Å². The van der Waals surface area contributed by atoms with Gasteiger partial charge in [0.1, 0.15) is 5.82 Å². The van der Waals surface area contributed by atoms with E-state index in [1.807, 2.05) is 6.07 Å². The van der Waals surface area contributed by atoms with Crippen molar-refractivity contribution in [3.05, 3.63) is 33.1 Å². The molecule has 0 aromatic heterocycles. The molecule has 0 saturated heterocycles. The molecule has 2 nitrogen and oxygen atoms in total. The molecule has 0 heterocycles. The second kappa shape index (κ2) is 6.40. The van der Waals surface area contributed by atoms with Crippen LogP contribution < -0.4 is 11.5 Å². The monoisotopic (exact) mass is 322 g/mol. The average molecular weight is 322 g/mol. The highest BCUT2D eigenvalue weighted by Gasteiger charge is 2.11. The second-order valence-corrected chi connectivity index (χ2v) is 4.80. The van der Waals surface area contributed by atoms with E-state index in [1.54, 1.807) is 6.07 Å². The first kappa shape index (κ1) is 12.9. The van der Waals surface area contributed by atoms with E-state index in [4.69, 9.17) is 11.5 Å². The molecule has 1 atom stereocenters. The van der Waals surface area contributed by atoms with Crippen LogP contribution in [0.1, 0.15) is 30.9 Å². The standard InChI is InChI=1S/C11H16FIN2/c12-10-5-4-8(13)7-9(10)11(15)3-1-2-6-14/h4-5,7,11H,1-3,6,14-15H2/t11-/m1/s1. The van der Waals surface area contributed by atoms with Gasteiger partial charge in [0.05, 0.1) is 0 Å². The zero-order valence-electron chi connectivity index (χ0n) is 8.55. The van der Waals surface area contributed by atoms with Crippen LogP contribution in [0.2, 0.25) is 0 Å². The Bertz CT molecular complexity index is 317. The van der Waals surface area contributed by atoms with Crippen molar-refractivity contribution in [1.82, 2.24) is 0 Å². The maximum atomic E-state index is 13.4. The van der Waals surface area contributed by atoms with E-state index in [2.05, 4.69) is 22.6 Å². The summed E-state index contributed by atoms with van der Waals surface area (Å²) in [6, 6.07) is 4.81. The molecule has 0 radical (unpaired) electrons. The summed E-state index contributed by atoms with van der Waals surface area (Å²) in [5.74, 6) is -0.212. The molecule has 0 aliphatic heterocycles. The van der Waals surface area contributed by atoms with Gasteiger partial charge in [0, 0.05) is 15.2 Å². The predicted octanol–water partition coefficient (Wildman–Crippen LogP) is 2.56. The third kappa shape index (κ3) is 4.04. The van der Waals surface area contributed by atoms with Gasteiger partial charge in [0.25, 0.3) is 0 Å². The number of unbranched alkanes of at least 4 members (excludes halogenated alkanes) is 1. The molecule has 84 valence electrons. The van der Waals surface area contributed by atoms with Crippen molar-refractivity contribution in [3.63, 3.8) is 0 Å². The highest BCUT2D eigenvalue weighted by Crippen LogP contribution is 2.21. The van der Waals surface area contributed by atoms with Crippen LogP contribution in [0.15, 0.2) is 18.2 Å². The SMILES string of the molecule is NCCCC[C@@H](N)c1cc(I)ccc1F. The lowest BCUT2D eigenvalue weighted by Gasteiger charge is -2.12. The van der Waals surface area contributed by atoms with Gasteiger partial charge in [-0.3, -0.25) is 0 Å². The number of hydrogen-bond donors (Lipinski definition) is 2. The zero-order chi connectivity index (χ0) is 11.3. The molecule has 4 N–H and O–H groups in total. The van der Waals surface area contributed by atoms with E-state index in [1.165, 1.54) is 6.07 Å². The van der Waals surface area contributed by atoms with Gasteiger partial charge in [-0.25, -0.2) is 4.39 Å². The smallest absolute Gasteiger partial charge is 0.128 e. The van der Waals surface area contributed by atoms with Crippen molar-refractivity contribution in [1.29, 1.82) is 0 Å². The molecule has 0 bridgehead atoms. The van der Waals surface area contributed by atoms with Crippen LogP contribution in [-0.2, 0) is 0 Å². The molecule has 15 heavy (non-hydrogen) atoms.